The summed E-state index contributed by atoms with van der Waals surface area (Å²) < 4.78 is 11.7. The third-order valence-electron chi connectivity index (χ3n) is 8.11. The fourth-order valence-corrected chi connectivity index (χ4v) is 6.04. The SMILES string of the molecule is CC(C)(C)Oc1ccc(C(=O)NC2CCC(CCN3CCC(c4coc5ccccc45)CC3)CC2)cc1. The van der Waals surface area contributed by atoms with E-state index in [2.05, 4.69) is 28.4 Å². The van der Waals surface area contributed by atoms with Crippen molar-refractivity contribution < 1.29 is 13.9 Å². The Morgan fingerprint density at radius 2 is 1.68 bits per heavy atom. The summed E-state index contributed by atoms with van der Waals surface area (Å²) in [5, 5.41) is 4.55. The quantitative estimate of drug-likeness (QED) is 0.372. The molecule has 2 aliphatic rings. The summed E-state index contributed by atoms with van der Waals surface area (Å²) in [4.78, 5) is 15.4. The number of piperidine rings is 1. The fraction of sp³-hybridized carbons (Fsp3) is 0.531. The Bertz CT molecular complexity index is 1160. The van der Waals surface area contributed by atoms with Crippen LogP contribution in [0.2, 0.25) is 0 Å². The van der Waals surface area contributed by atoms with Crippen molar-refractivity contribution in [3.05, 3.63) is 65.9 Å². The minimum atomic E-state index is -0.242. The van der Waals surface area contributed by atoms with E-state index in [4.69, 9.17) is 9.15 Å². The molecule has 1 aliphatic carbocycles. The van der Waals surface area contributed by atoms with Crippen LogP contribution in [0.15, 0.2) is 59.2 Å². The van der Waals surface area contributed by atoms with Gasteiger partial charge in [0.15, 0.2) is 0 Å². The molecule has 37 heavy (non-hydrogen) atoms. The lowest BCUT2D eigenvalue weighted by Gasteiger charge is -2.34. The van der Waals surface area contributed by atoms with E-state index in [0.29, 0.717) is 11.5 Å². The molecule has 1 aromatic heterocycles. The van der Waals surface area contributed by atoms with Crippen LogP contribution in [0.3, 0.4) is 0 Å². The molecule has 2 aromatic carbocycles. The molecular weight excluding hydrogens is 460 g/mol. The van der Waals surface area contributed by atoms with Gasteiger partial charge in [-0.3, -0.25) is 4.79 Å². The third kappa shape index (κ3) is 6.75. The molecule has 0 spiro atoms. The average molecular weight is 503 g/mol. The van der Waals surface area contributed by atoms with E-state index in [9.17, 15) is 4.79 Å². The predicted octanol–water partition coefficient (Wildman–Crippen LogP) is 7.17. The number of amides is 1. The monoisotopic (exact) mass is 502 g/mol. The van der Waals surface area contributed by atoms with Gasteiger partial charge in [-0.15, -0.1) is 0 Å². The highest BCUT2D eigenvalue weighted by molar-refractivity contribution is 5.94. The van der Waals surface area contributed by atoms with Gasteiger partial charge < -0.3 is 19.4 Å². The van der Waals surface area contributed by atoms with E-state index in [-0.39, 0.29) is 17.6 Å². The van der Waals surface area contributed by atoms with Crippen LogP contribution in [0.5, 0.6) is 5.75 Å². The lowest BCUT2D eigenvalue weighted by Crippen LogP contribution is -2.38. The highest BCUT2D eigenvalue weighted by Crippen LogP contribution is 2.35. The summed E-state index contributed by atoms with van der Waals surface area (Å²) in [7, 11) is 0. The van der Waals surface area contributed by atoms with Crippen LogP contribution in [-0.2, 0) is 0 Å². The molecule has 198 valence electrons. The van der Waals surface area contributed by atoms with Crippen LogP contribution in [-0.4, -0.2) is 42.1 Å². The van der Waals surface area contributed by atoms with Crippen molar-refractivity contribution in [2.24, 2.45) is 5.92 Å². The molecule has 0 atom stereocenters. The Hall–Kier alpha value is -2.79. The van der Waals surface area contributed by atoms with Crippen molar-refractivity contribution in [2.75, 3.05) is 19.6 Å². The minimum Gasteiger partial charge on any atom is -0.488 e. The first kappa shape index (κ1) is 25.8. The molecule has 0 radical (unpaired) electrons. The molecule has 0 unspecified atom stereocenters. The summed E-state index contributed by atoms with van der Waals surface area (Å²) in [5.41, 5.74) is 2.87. The highest BCUT2D eigenvalue weighted by Gasteiger charge is 2.26. The summed E-state index contributed by atoms with van der Waals surface area (Å²) in [6, 6.07) is 16.2. The Morgan fingerprint density at radius 1 is 0.973 bits per heavy atom. The van der Waals surface area contributed by atoms with Crippen LogP contribution in [0.1, 0.15) is 87.6 Å². The third-order valence-corrected chi connectivity index (χ3v) is 8.11. The van der Waals surface area contributed by atoms with Gasteiger partial charge in [0, 0.05) is 22.6 Å². The number of rotatable bonds is 7. The second kappa shape index (κ2) is 11.3. The van der Waals surface area contributed by atoms with Crippen molar-refractivity contribution in [1.82, 2.24) is 10.2 Å². The fourth-order valence-electron chi connectivity index (χ4n) is 6.04. The van der Waals surface area contributed by atoms with E-state index in [1.807, 2.05) is 57.4 Å². The maximum absolute atomic E-state index is 12.7. The Labute approximate surface area is 221 Å². The number of nitrogens with zero attached hydrogens (tertiary/aromatic N) is 1. The number of para-hydroxylation sites is 1. The summed E-state index contributed by atoms with van der Waals surface area (Å²) in [6.07, 6.45) is 10.3. The lowest BCUT2D eigenvalue weighted by atomic mass is 9.83. The van der Waals surface area contributed by atoms with Crippen molar-refractivity contribution in [1.29, 1.82) is 0 Å². The van der Waals surface area contributed by atoms with Gasteiger partial charge >= 0.3 is 0 Å². The second-order valence-corrected chi connectivity index (χ2v) is 12.0. The molecule has 2 heterocycles. The van der Waals surface area contributed by atoms with Gasteiger partial charge in [0.25, 0.3) is 5.91 Å². The number of furan rings is 1. The zero-order valence-corrected chi connectivity index (χ0v) is 22.7. The molecule has 5 rings (SSSR count). The zero-order valence-electron chi connectivity index (χ0n) is 22.7. The molecule has 2 fully saturated rings. The molecule has 5 heteroatoms. The maximum atomic E-state index is 12.7. The Balaban J connectivity index is 1.01. The normalized spacial score (nSPS) is 21.7. The van der Waals surface area contributed by atoms with Crippen molar-refractivity contribution in [3.8, 4) is 5.75 Å². The van der Waals surface area contributed by atoms with Crippen LogP contribution in [0.25, 0.3) is 11.0 Å². The number of hydrogen-bond acceptors (Lipinski definition) is 4. The number of likely N-dealkylation sites (tertiary alicyclic amines) is 1. The van der Waals surface area contributed by atoms with Crippen LogP contribution in [0.4, 0.5) is 0 Å². The molecule has 1 saturated heterocycles. The first-order valence-electron chi connectivity index (χ1n) is 14.1. The number of benzene rings is 2. The second-order valence-electron chi connectivity index (χ2n) is 12.0. The van der Waals surface area contributed by atoms with Crippen molar-refractivity contribution >= 4 is 16.9 Å². The van der Waals surface area contributed by atoms with Crippen LogP contribution in [0, 0.1) is 5.92 Å². The smallest absolute Gasteiger partial charge is 0.251 e. The van der Waals surface area contributed by atoms with Crippen LogP contribution >= 0.6 is 0 Å². The Kier molecular flexibility index (Phi) is 7.89. The summed E-state index contributed by atoms with van der Waals surface area (Å²) >= 11 is 0. The van der Waals surface area contributed by atoms with Crippen molar-refractivity contribution in [2.45, 2.75) is 83.3 Å². The van der Waals surface area contributed by atoms with Gasteiger partial charge in [0.1, 0.15) is 16.9 Å². The number of carbonyl (C=O) groups excluding carboxylic acids is 1. The molecular formula is C32H42N2O3. The molecule has 1 saturated carbocycles. The molecule has 1 amide bonds. The predicted molar refractivity (Wildman–Crippen MR) is 149 cm³/mol. The molecule has 3 aromatic rings. The van der Waals surface area contributed by atoms with Gasteiger partial charge in [-0.25, -0.2) is 0 Å². The zero-order chi connectivity index (χ0) is 25.8. The van der Waals surface area contributed by atoms with Gasteiger partial charge in [-0.1, -0.05) is 18.2 Å². The van der Waals surface area contributed by atoms with Gasteiger partial charge in [-0.05, 0) is 128 Å². The van der Waals surface area contributed by atoms with Gasteiger partial charge in [0.05, 0.1) is 6.26 Å². The standard InChI is InChI=1S/C32H42N2O3/c1-32(2,3)37-27-14-10-25(11-15-27)31(35)33-26-12-8-23(9-13-26)16-19-34-20-17-24(18-21-34)29-22-36-30-7-5-4-6-28(29)30/h4-7,10-11,14-15,22-24,26H,8-9,12-13,16-21H2,1-3H3,(H,33,35). The highest BCUT2D eigenvalue weighted by atomic mass is 16.5. The molecule has 1 N–H and O–H groups in total. The number of hydrogen-bond donors (Lipinski definition) is 1. The lowest BCUT2D eigenvalue weighted by molar-refractivity contribution is 0.0919. The van der Waals surface area contributed by atoms with Crippen molar-refractivity contribution in [3.63, 3.8) is 0 Å². The van der Waals surface area contributed by atoms with E-state index in [0.717, 1.165) is 30.1 Å². The Morgan fingerprint density at radius 3 is 2.38 bits per heavy atom. The number of fused-ring (bicyclic) bond motifs is 1. The minimum absolute atomic E-state index is 0.0269. The maximum Gasteiger partial charge on any atom is 0.251 e. The van der Waals surface area contributed by atoms with E-state index >= 15 is 0 Å². The van der Waals surface area contributed by atoms with Gasteiger partial charge in [-0.2, -0.15) is 0 Å². The topological polar surface area (TPSA) is 54.7 Å². The summed E-state index contributed by atoms with van der Waals surface area (Å²) in [5.74, 6) is 2.21. The van der Waals surface area contributed by atoms with E-state index in [1.165, 1.54) is 62.7 Å². The largest absolute Gasteiger partial charge is 0.488 e. The first-order valence-corrected chi connectivity index (χ1v) is 14.1. The van der Waals surface area contributed by atoms with Crippen LogP contribution < -0.4 is 10.1 Å². The number of nitrogens with one attached hydrogen (secondary N) is 1. The summed E-state index contributed by atoms with van der Waals surface area (Å²) in [6.45, 7) is 9.62. The molecule has 1 aliphatic heterocycles. The number of carbonyl (C=O) groups is 1. The van der Waals surface area contributed by atoms with E-state index in [1.54, 1.807) is 0 Å². The molecule has 5 nitrogen and oxygen atoms in total. The van der Waals surface area contributed by atoms with E-state index < -0.39 is 0 Å². The average Bonchev–Trinajstić information content (AvgIpc) is 3.32. The number of ether oxygens (including phenoxy) is 1. The van der Waals surface area contributed by atoms with Gasteiger partial charge in [0.2, 0.25) is 0 Å². The molecule has 0 bridgehead atoms. The first-order chi connectivity index (χ1) is 17.8.